The Balaban J connectivity index is 0. The summed E-state index contributed by atoms with van der Waals surface area (Å²) in [5.74, 6) is -1.68. The number of alkyl halides is 4. The molecule has 0 aliphatic carbocycles. The van der Waals surface area contributed by atoms with Crippen LogP contribution in [-0.4, -0.2) is 43.4 Å². The summed E-state index contributed by atoms with van der Waals surface area (Å²) >= 11 is 0. The van der Waals surface area contributed by atoms with Crippen molar-refractivity contribution >= 4 is 5.91 Å². The summed E-state index contributed by atoms with van der Waals surface area (Å²) in [4.78, 5) is 12.0. The molecule has 0 aromatic rings. The molecule has 0 aromatic carbocycles. The summed E-state index contributed by atoms with van der Waals surface area (Å²) < 4.78 is 44.0. The summed E-state index contributed by atoms with van der Waals surface area (Å²) in [6.45, 7) is 8.47. The van der Waals surface area contributed by atoms with Gasteiger partial charge in [-0.25, -0.2) is 4.39 Å². The maximum Gasteiger partial charge on any atom is 0.484 e. The summed E-state index contributed by atoms with van der Waals surface area (Å²) in [5.41, 5.74) is 0. The number of nitrogens with one attached hydrogen (secondary N) is 1. The van der Waals surface area contributed by atoms with Crippen LogP contribution < -0.4 is 5.32 Å². The molecule has 0 aliphatic heterocycles. The second-order valence-corrected chi connectivity index (χ2v) is 2.80. The van der Waals surface area contributed by atoms with Crippen molar-refractivity contribution in [3.05, 3.63) is 0 Å². The maximum atomic E-state index is 11.0. The number of hydrogen-bond donors (Lipinski definition) is 1. The fourth-order valence-electron chi connectivity index (χ4n) is 0.862. The molecule has 0 aliphatic rings. The third-order valence-corrected chi connectivity index (χ3v) is 1.74. The molecule has 0 heterocycles. The fourth-order valence-corrected chi connectivity index (χ4v) is 0.862. The molecule has 0 spiro atoms. The lowest BCUT2D eigenvalue weighted by Gasteiger charge is -2.13. The molecule has 1 amide bonds. The average Bonchev–Trinajstić information content (AvgIpc) is 2.19. The molecule has 0 saturated heterocycles. The van der Waals surface area contributed by atoms with Gasteiger partial charge in [-0.15, -0.1) is 0 Å². The van der Waals surface area contributed by atoms with E-state index in [2.05, 4.69) is 25.7 Å². The molecule has 0 saturated carbocycles. The Morgan fingerprint density at radius 3 is 1.56 bits per heavy atom. The second kappa shape index (κ2) is 9.38. The van der Waals surface area contributed by atoms with Crippen molar-refractivity contribution in [1.29, 1.82) is 0 Å². The van der Waals surface area contributed by atoms with Gasteiger partial charge in [-0.05, 0) is 19.6 Å². The van der Waals surface area contributed by atoms with E-state index in [-0.39, 0.29) is 0 Å². The molecule has 98 valence electrons. The Morgan fingerprint density at radius 1 is 1.12 bits per heavy atom. The van der Waals surface area contributed by atoms with Crippen molar-refractivity contribution in [2.24, 2.45) is 0 Å². The van der Waals surface area contributed by atoms with Crippen molar-refractivity contribution < 1.29 is 22.4 Å². The number of hydrogen-bond acceptors (Lipinski definition) is 2. The number of nitrogens with zero attached hydrogens (tertiary/aromatic N) is 1. The highest BCUT2D eigenvalue weighted by atomic mass is 19.4. The van der Waals surface area contributed by atoms with E-state index in [1.54, 1.807) is 0 Å². The summed E-state index contributed by atoms with van der Waals surface area (Å²) in [5, 5.41) is 0.455. The first-order valence-electron chi connectivity index (χ1n) is 4.96. The average molecular weight is 246 g/mol. The van der Waals surface area contributed by atoms with Crippen molar-refractivity contribution in [3.63, 3.8) is 0 Å². The predicted molar refractivity (Wildman–Crippen MR) is 53.6 cm³/mol. The van der Waals surface area contributed by atoms with E-state index < -0.39 is 18.9 Å². The zero-order valence-electron chi connectivity index (χ0n) is 9.70. The molecular formula is C9H18F4N2O. The van der Waals surface area contributed by atoms with Gasteiger partial charge in [-0.3, -0.25) is 10.1 Å². The maximum absolute atomic E-state index is 11.0. The zero-order valence-corrected chi connectivity index (χ0v) is 9.70. The largest absolute Gasteiger partial charge is 0.484 e. The quantitative estimate of drug-likeness (QED) is 0.607. The molecule has 0 atom stereocenters. The van der Waals surface area contributed by atoms with Gasteiger partial charge in [0.25, 0.3) is 5.91 Å². The van der Waals surface area contributed by atoms with Crippen molar-refractivity contribution in [1.82, 2.24) is 10.2 Å². The number of rotatable bonds is 4. The minimum atomic E-state index is -4.82. The van der Waals surface area contributed by atoms with Crippen LogP contribution in [0.1, 0.15) is 20.8 Å². The van der Waals surface area contributed by atoms with Crippen molar-refractivity contribution in [2.75, 3.05) is 26.3 Å². The van der Waals surface area contributed by atoms with Gasteiger partial charge < -0.3 is 4.90 Å². The number of carbonyl (C=O) groups excluding carboxylic acids is 1. The van der Waals surface area contributed by atoms with Gasteiger partial charge in [0.15, 0.2) is 6.67 Å². The topological polar surface area (TPSA) is 32.3 Å². The van der Waals surface area contributed by atoms with E-state index in [0.29, 0.717) is 5.32 Å². The molecule has 7 heteroatoms. The van der Waals surface area contributed by atoms with E-state index >= 15 is 0 Å². The van der Waals surface area contributed by atoms with Gasteiger partial charge in [0.1, 0.15) is 0 Å². The zero-order chi connectivity index (χ0) is 13.2. The highest BCUT2D eigenvalue weighted by molar-refractivity contribution is 5.77. The van der Waals surface area contributed by atoms with Crippen LogP contribution in [0, 0.1) is 0 Å². The first kappa shape index (κ1) is 17.5. The van der Waals surface area contributed by atoms with E-state index in [9.17, 15) is 22.4 Å². The van der Waals surface area contributed by atoms with Gasteiger partial charge in [-0.1, -0.05) is 20.8 Å². The predicted octanol–water partition coefficient (Wildman–Crippen LogP) is 1.94. The summed E-state index contributed by atoms with van der Waals surface area (Å²) in [6.07, 6.45) is -4.82. The summed E-state index contributed by atoms with van der Waals surface area (Å²) in [7, 11) is 0. The molecule has 0 fully saturated rings. The first-order chi connectivity index (χ1) is 7.30. The Labute approximate surface area is 92.8 Å². The molecule has 0 rings (SSSR count). The SMILES string of the molecule is CCN(CC)CC.O=C(CF)NC(F)(F)F. The number of amides is 1. The molecule has 0 radical (unpaired) electrons. The molecule has 0 bridgehead atoms. The molecular weight excluding hydrogens is 228 g/mol. The van der Waals surface area contributed by atoms with Crippen LogP contribution in [0.3, 0.4) is 0 Å². The van der Waals surface area contributed by atoms with Crippen LogP contribution >= 0.6 is 0 Å². The minimum absolute atomic E-state index is 0.455. The van der Waals surface area contributed by atoms with Crippen LogP contribution in [-0.2, 0) is 4.79 Å². The monoisotopic (exact) mass is 246 g/mol. The lowest BCUT2D eigenvalue weighted by atomic mass is 10.5. The molecule has 0 unspecified atom stereocenters. The smallest absolute Gasteiger partial charge is 0.304 e. The minimum Gasteiger partial charge on any atom is -0.304 e. The van der Waals surface area contributed by atoms with E-state index in [1.165, 1.54) is 19.6 Å². The number of carbonyl (C=O) groups is 1. The Kier molecular flexibility index (Phi) is 10.3. The lowest BCUT2D eigenvalue weighted by Crippen LogP contribution is -2.37. The highest BCUT2D eigenvalue weighted by Crippen LogP contribution is 2.08. The van der Waals surface area contributed by atoms with E-state index in [0.717, 1.165) is 0 Å². The third-order valence-electron chi connectivity index (χ3n) is 1.74. The Morgan fingerprint density at radius 2 is 1.50 bits per heavy atom. The number of halogens is 4. The van der Waals surface area contributed by atoms with Crippen LogP contribution in [0.5, 0.6) is 0 Å². The third kappa shape index (κ3) is 13.2. The van der Waals surface area contributed by atoms with Crippen LogP contribution in [0.25, 0.3) is 0 Å². The Hall–Kier alpha value is -0.850. The first-order valence-corrected chi connectivity index (χ1v) is 4.96. The Bertz CT molecular complexity index is 175. The van der Waals surface area contributed by atoms with Gasteiger partial charge in [0, 0.05) is 0 Å². The van der Waals surface area contributed by atoms with Crippen molar-refractivity contribution in [2.45, 2.75) is 27.1 Å². The molecule has 1 N–H and O–H groups in total. The second-order valence-electron chi connectivity index (χ2n) is 2.80. The van der Waals surface area contributed by atoms with E-state index in [1.807, 2.05) is 0 Å². The fraction of sp³-hybridized carbons (Fsp3) is 0.889. The van der Waals surface area contributed by atoms with Crippen LogP contribution in [0.4, 0.5) is 17.6 Å². The van der Waals surface area contributed by atoms with Gasteiger partial charge >= 0.3 is 6.30 Å². The van der Waals surface area contributed by atoms with E-state index in [4.69, 9.17) is 0 Å². The van der Waals surface area contributed by atoms with Gasteiger partial charge in [-0.2, -0.15) is 13.2 Å². The van der Waals surface area contributed by atoms with Crippen LogP contribution in [0.2, 0.25) is 0 Å². The summed E-state index contributed by atoms with van der Waals surface area (Å²) in [6, 6.07) is 0. The lowest BCUT2D eigenvalue weighted by molar-refractivity contribution is -0.170. The molecule has 0 aromatic heterocycles. The van der Waals surface area contributed by atoms with Crippen molar-refractivity contribution in [3.8, 4) is 0 Å². The standard InChI is InChI=1S/C6H15N.C3H3F4NO/c1-4-7(5-2)6-3;4-1-2(9)8-3(5,6)7/h4-6H2,1-3H3;1H2,(H,8,9). The van der Waals surface area contributed by atoms with Gasteiger partial charge in [0.05, 0.1) is 0 Å². The normalized spacial score (nSPS) is 10.8. The molecule has 16 heavy (non-hydrogen) atoms. The highest BCUT2D eigenvalue weighted by Gasteiger charge is 2.29. The van der Waals surface area contributed by atoms with Crippen LogP contribution in [0.15, 0.2) is 0 Å². The molecule has 3 nitrogen and oxygen atoms in total. The van der Waals surface area contributed by atoms with Gasteiger partial charge in [0.2, 0.25) is 0 Å².